The lowest BCUT2D eigenvalue weighted by atomic mass is 9.95. The fraction of sp³-hybridized carbons (Fsp3) is 0.421. The number of aromatic nitrogens is 3. The maximum Gasteiger partial charge on any atom is 0.269 e. The zero-order valence-electron chi connectivity index (χ0n) is 15.5. The van der Waals surface area contributed by atoms with E-state index in [-0.39, 0.29) is 23.4 Å². The van der Waals surface area contributed by atoms with E-state index in [0.29, 0.717) is 17.5 Å². The van der Waals surface area contributed by atoms with Crippen LogP contribution >= 0.6 is 11.8 Å². The van der Waals surface area contributed by atoms with Crippen LogP contribution in [0.2, 0.25) is 0 Å². The Hall–Kier alpha value is -2.68. The van der Waals surface area contributed by atoms with Gasteiger partial charge in [-0.3, -0.25) is 19.5 Å². The van der Waals surface area contributed by atoms with E-state index in [4.69, 9.17) is 0 Å². The molecule has 0 saturated heterocycles. The number of rotatable bonds is 8. The number of nitro groups is 1. The highest BCUT2D eigenvalue weighted by atomic mass is 32.2. The van der Waals surface area contributed by atoms with E-state index >= 15 is 0 Å². The van der Waals surface area contributed by atoms with E-state index in [1.807, 2.05) is 4.57 Å². The van der Waals surface area contributed by atoms with Gasteiger partial charge in [0, 0.05) is 30.3 Å². The highest BCUT2D eigenvalue weighted by molar-refractivity contribution is 7.99. The molecule has 8 nitrogen and oxygen atoms in total. The predicted molar refractivity (Wildman–Crippen MR) is 108 cm³/mol. The van der Waals surface area contributed by atoms with Crippen molar-refractivity contribution in [1.82, 2.24) is 20.1 Å². The van der Waals surface area contributed by atoms with Crippen LogP contribution in [0.5, 0.6) is 0 Å². The van der Waals surface area contributed by atoms with Gasteiger partial charge in [0.2, 0.25) is 5.91 Å². The Morgan fingerprint density at radius 1 is 1.29 bits per heavy atom. The molecule has 1 aromatic carbocycles. The maximum absolute atomic E-state index is 12.3. The van der Waals surface area contributed by atoms with Gasteiger partial charge in [-0.05, 0) is 25.0 Å². The van der Waals surface area contributed by atoms with Crippen LogP contribution in [0, 0.1) is 10.1 Å². The molecule has 3 rings (SSSR count). The third-order valence-corrected chi connectivity index (χ3v) is 5.63. The molecule has 0 atom stereocenters. The standard InChI is InChI=1S/C19H23N5O3S/c1-2-12-23-18(14-8-10-16(11-9-14)24(26)27)21-22-19(23)28-13-17(25)20-15-6-4-3-5-7-15/h2,8-11,15H,1,3-7,12-13H2,(H,20,25). The number of nitro benzene ring substituents is 1. The van der Waals surface area contributed by atoms with Crippen LogP contribution in [0.25, 0.3) is 11.4 Å². The minimum absolute atomic E-state index is 0.00180. The van der Waals surface area contributed by atoms with Crippen LogP contribution in [0.15, 0.2) is 42.1 Å². The molecule has 0 unspecified atom stereocenters. The van der Waals surface area contributed by atoms with Gasteiger partial charge < -0.3 is 5.32 Å². The molecule has 1 fully saturated rings. The molecule has 1 aliphatic rings. The Morgan fingerprint density at radius 2 is 2.00 bits per heavy atom. The average molecular weight is 401 g/mol. The molecule has 0 spiro atoms. The van der Waals surface area contributed by atoms with Crippen molar-refractivity contribution in [3.63, 3.8) is 0 Å². The number of benzene rings is 1. The number of carbonyl (C=O) groups excluding carboxylic acids is 1. The van der Waals surface area contributed by atoms with Crippen molar-refractivity contribution in [3.8, 4) is 11.4 Å². The van der Waals surface area contributed by atoms with Crippen molar-refractivity contribution < 1.29 is 9.72 Å². The second-order valence-corrected chi connectivity index (χ2v) is 7.64. The van der Waals surface area contributed by atoms with Crippen molar-refractivity contribution in [2.75, 3.05) is 5.75 Å². The summed E-state index contributed by atoms with van der Waals surface area (Å²) in [4.78, 5) is 22.7. The summed E-state index contributed by atoms with van der Waals surface area (Å²) >= 11 is 1.33. The van der Waals surface area contributed by atoms with Crippen molar-refractivity contribution >= 4 is 23.4 Å². The molecular weight excluding hydrogens is 378 g/mol. The Balaban J connectivity index is 1.68. The van der Waals surface area contributed by atoms with Gasteiger partial charge in [-0.1, -0.05) is 37.1 Å². The first kappa shape index (κ1) is 20.1. The van der Waals surface area contributed by atoms with Gasteiger partial charge in [0.25, 0.3) is 5.69 Å². The Kier molecular flexibility index (Phi) is 6.80. The number of thioether (sulfide) groups is 1. The normalized spacial score (nSPS) is 14.6. The lowest BCUT2D eigenvalue weighted by Gasteiger charge is -2.22. The fourth-order valence-corrected chi connectivity index (χ4v) is 4.04. The van der Waals surface area contributed by atoms with E-state index < -0.39 is 4.92 Å². The van der Waals surface area contributed by atoms with Crippen molar-refractivity contribution in [1.29, 1.82) is 0 Å². The second kappa shape index (κ2) is 9.50. The highest BCUT2D eigenvalue weighted by Crippen LogP contribution is 2.26. The zero-order chi connectivity index (χ0) is 19.9. The van der Waals surface area contributed by atoms with Crippen molar-refractivity contribution in [2.45, 2.75) is 49.8 Å². The minimum Gasteiger partial charge on any atom is -0.353 e. The highest BCUT2D eigenvalue weighted by Gasteiger charge is 2.18. The van der Waals surface area contributed by atoms with E-state index in [9.17, 15) is 14.9 Å². The molecular formula is C19H23N5O3S. The number of amides is 1. The Morgan fingerprint density at radius 3 is 2.64 bits per heavy atom. The van der Waals surface area contributed by atoms with E-state index in [1.54, 1.807) is 18.2 Å². The average Bonchev–Trinajstić information content (AvgIpc) is 3.10. The van der Waals surface area contributed by atoms with Gasteiger partial charge in [-0.15, -0.1) is 16.8 Å². The van der Waals surface area contributed by atoms with Crippen LogP contribution in [-0.4, -0.2) is 37.4 Å². The van der Waals surface area contributed by atoms with Crippen molar-refractivity contribution in [3.05, 3.63) is 47.0 Å². The number of allylic oxidation sites excluding steroid dienone is 1. The SMILES string of the molecule is C=CCn1c(SCC(=O)NC2CCCCC2)nnc1-c1ccc([N+](=O)[O-])cc1. The van der Waals surface area contributed by atoms with Crippen LogP contribution in [0.3, 0.4) is 0 Å². The van der Waals surface area contributed by atoms with Gasteiger partial charge in [0.15, 0.2) is 11.0 Å². The first-order chi connectivity index (χ1) is 13.6. The Labute approximate surface area is 167 Å². The molecule has 1 aliphatic carbocycles. The van der Waals surface area contributed by atoms with E-state index in [2.05, 4.69) is 22.1 Å². The van der Waals surface area contributed by atoms with Crippen molar-refractivity contribution in [2.24, 2.45) is 0 Å². The number of hydrogen-bond donors (Lipinski definition) is 1. The lowest BCUT2D eigenvalue weighted by Crippen LogP contribution is -2.37. The monoisotopic (exact) mass is 401 g/mol. The Bertz CT molecular complexity index is 844. The fourth-order valence-electron chi connectivity index (χ4n) is 3.28. The van der Waals surface area contributed by atoms with Crippen LogP contribution in [-0.2, 0) is 11.3 Å². The third kappa shape index (κ3) is 4.98. The zero-order valence-corrected chi connectivity index (χ0v) is 16.4. The predicted octanol–water partition coefficient (Wildman–Crippen LogP) is 3.58. The summed E-state index contributed by atoms with van der Waals surface area (Å²) in [5.74, 6) is 0.860. The molecule has 0 radical (unpaired) electrons. The summed E-state index contributed by atoms with van der Waals surface area (Å²) in [7, 11) is 0. The molecule has 1 amide bonds. The lowest BCUT2D eigenvalue weighted by molar-refractivity contribution is -0.384. The second-order valence-electron chi connectivity index (χ2n) is 6.70. The van der Waals surface area contributed by atoms with E-state index in [1.165, 1.54) is 43.2 Å². The van der Waals surface area contributed by atoms with Gasteiger partial charge in [-0.25, -0.2) is 0 Å². The topological polar surface area (TPSA) is 103 Å². The number of nitrogens with zero attached hydrogens (tertiary/aromatic N) is 4. The molecule has 2 aromatic rings. The third-order valence-electron chi connectivity index (χ3n) is 4.67. The molecule has 9 heteroatoms. The summed E-state index contributed by atoms with van der Waals surface area (Å²) in [6, 6.07) is 6.45. The van der Waals surface area contributed by atoms with Gasteiger partial charge in [0.05, 0.1) is 10.7 Å². The molecule has 28 heavy (non-hydrogen) atoms. The number of hydrogen-bond acceptors (Lipinski definition) is 6. The summed E-state index contributed by atoms with van der Waals surface area (Å²) in [6.45, 7) is 4.25. The summed E-state index contributed by atoms with van der Waals surface area (Å²) in [5, 5.41) is 23.0. The first-order valence-corrected chi connectivity index (χ1v) is 10.3. The summed E-state index contributed by atoms with van der Waals surface area (Å²) in [5.41, 5.74) is 0.742. The molecule has 148 valence electrons. The summed E-state index contributed by atoms with van der Waals surface area (Å²) < 4.78 is 1.85. The van der Waals surface area contributed by atoms with E-state index in [0.717, 1.165) is 18.4 Å². The first-order valence-electron chi connectivity index (χ1n) is 9.29. The molecule has 1 N–H and O–H groups in total. The number of carbonyl (C=O) groups is 1. The molecule has 0 bridgehead atoms. The molecule has 1 saturated carbocycles. The molecule has 0 aliphatic heterocycles. The van der Waals surface area contributed by atoms with Crippen LogP contribution in [0.1, 0.15) is 32.1 Å². The summed E-state index contributed by atoms with van der Waals surface area (Å²) in [6.07, 6.45) is 7.41. The maximum atomic E-state index is 12.3. The smallest absolute Gasteiger partial charge is 0.269 e. The van der Waals surface area contributed by atoms with Gasteiger partial charge in [0.1, 0.15) is 0 Å². The molecule has 1 heterocycles. The van der Waals surface area contributed by atoms with Crippen LogP contribution < -0.4 is 5.32 Å². The minimum atomic E-state index is -0.440. The van der Waals surface area contributed by atoms with Gasteiger partial charge >= 0.3 is 0 Å². The quantitative estimate of drug-likeness (QED) is 0.314. The molecule has 1 aromatic heterocycles. The largest absolute Gasteiger partial charge is 0.353 e. The number of non-ortho nitro benzene ring substituents is 1. The van der Waals surface area contributed by atoms with Crippen LogP contribution in [0.4, 0.5) is 5.69 Å². The number of nitrogens with one attached hydrogen (secondary N) is 1. The van der Waals surface area contributed by atoms with Gasteiger partial charge in [-0.2, -0.15) is 0 Å².